The van der Waals surface area contributed by atoms with Crippen molar-refractivity contribution in [1.29, 1.82) is 0 Å². The maximum atomic E-state index is 10.2. The molecule has 0 radical (unpaired) electrons. The number of rotatable bonds is 2. The molecule has 3 nitrogen and oxygen atoms in total. The number of ether oxygens (including phenoxy) is 1. The highest BCUT2D eigenvalue weighted by Gasteiger charge is 1.97. The van der Waals surface area contributed by atoms with Gasteiger partial charge in [-0.2, -0.15) is 0 Å². The molecule has 0 heterocycles. The zero-order valence-electron chi connectivity index (χ0n) is 6.16. The average molecular weight is 187 g/mol. The second kappa shape index (κ2) is 3.97. The summed E-state index contributed by atoms with van der Waals surface area (Å²) >= 11 is 4.95. The normalized spacial score (nSPS) is 9.42. The van der Waals surface area contributed by atoms with E-state index < -0.39 is 5.43 Å². The molecule has 4 heteroatoms. The van der Waals surface area contributed by atoms with Crippen molar-refractivity contribution < 1.29 is 14.6 Å². The van der Waals surface area contributed by atoms with Crippen LogP contribution in [0.4, 0.5) is 4.79 Å². The lowest BCUT2D eigenvalue weighted by Gasteiger charge is -1.99. The number of hydrogen-bond donors (Lipinski definition) is 1. The van der Waals surface area contributed by atoms with E-state index in [1.165, 1.54) is 12.1 Å². The van der Waals surface area contributed by atoms with Gasteiger partial charge in [0.05, 0.1) is 0 Å². The first kappa shape index (κ1) is 8.87. The molecule has 0 amide bonds. The van der Waals surface area contributed by atoms with Crippen molar-refractivity contribution in [3.05, 3.63) is 29.8 Å². The smallest absolute Gasteiger partial charge is 0.404 e. The van der Waals surface area contributed by atoms with Crippen LogP contribution < -0.4 is 0 Å². The first-order chi connectivity index (χ1) is 5.68. The Morgan fingerprint density at radius 2 is 2.00 bits per heavy atom. The van der Waals surface area contributed by atoms with Crippen molar-refractivity contribution in [2.75, 3.05) is 0 Å². The van der Waals surface area contributed by atoms with Crippen LogP contribution in [0, 0.1) is 0 Å². The van der Waals surface area contributed by atoms with Gasteiger partial charge < -0.3 is 9.84 Å². The number of phenolic OH excluding ortho intramolecular Hbond substituents is 1. The minimum atomic E-state index is -0.830. The summed E-state index contributed by atoms with van der Waals surface area (Å²) < 4.78 is 4.51. The standard InChI is InChI=1S/C8H7ClO3/c9-8(11)12-5-6-1-3-7(10)4-2-6/h1-4,10H,5H2. The highest BCUT2D eigenvalue weighted by molar-refractivity contribution is 6.61. The molecule has 0 aliphatic carbocycles. The highest BCUT2D eigenvalue weighted by atomic mass is 35.5. The summed E-state index contributed by atoms with van der Waals surface area (Å²) in [6, 6.07) is 6.32. The van der Waals surface area contributed by atoms with Crippen LogP contribution >= 0.6 is 11.6 Å². The fourth-order valence-corrected chi connectivity index (χ4v) is 0.787. The Balaban J connectivity index is 2.53. The molecule has 1 N–H and O–H groups in total. The predicted molar refractivity (Wildman–Crippen MR) is 44.1 cm³/mol. The average Bonchev–Trinajstić information content (AvgIpc) is 2.03. The third-order valence-corrected chi connectivity index (χ3v) is 1.40. The van der Waals surface area contributed by atoms with Gasteiger partial charge >= 0.3 is 5.43 Å². The Morgan fingerprint density at radius 3 is 2.50 bits per heavy atom. The summed E-state index contributed by atoms with van der Waals surface area (Å²) in [7, 11) is 0. The fourth-order valence-electron chi connectivity index (χ4n) is 0.732. The molecule has 0 bridgehead atoms. The van der Waals surface area contributed by atoms with E-state index >= 15 is 0 Å². The van der Waals surface area contributed by atoms with Gasteiger partial charge in [0.15, 0.2) is 0 Å². The Bertz CT molecular complexity index is 268. The highest BCUT2D eigenvalue weighted by Crippen LogP contribution is 2.10. The number of phenols is 1. The lowest BCUT2D eigenvalue weighted by molar-refractivity contribution is 0.167. The van der Waals surface area contributed by atoms with Crippen LogP contribution in [0.15, 0.2) is 24.3 Å². The van der Waals surface area contributed by atoms with Gasteiger partial charge in [0.25, 0.3) is 0 Å². The Morgan fingerprint density at radius 1 is 1.42 bits per heavy atom. The maximum Gasteiger partial charge on any atom is 0.404 e. The lowest BCUT2D eigenvalue weighted by Crippen LogP contribution is -1.93. The third kappa shape index (κ3) is 2.80. The van der Waals surface area contributed by atoms with Crippen molar-refractivity contribution in [3.8, 4) is 5.75 Å². The molecule has 0 unspecified atom stereocenters. The summed E-state index contributed by atoms with van der Waals surface area (Å²) in [6.07, 6.45) is 0. The molecule has 0 atom stereocenters. The van der Waals surface area contributed by atoms with Crippen LogP contribution in [0.25, 0.3) is 0 Å². The van der Waals surface area contributed by atoms with Crippen molar-refractivity contribution in [2.24, 2.45) is 0 Å². The van der Waals surface area contributed by atoms with Crippen molar-refractivity contribution in [2.45, 2.75) is 6.61 Å². The van der Waals surface area contributed by atoms with Crippen molar-refractivity contribution >= 4 is 17.0 Å². The zero-order chi connectivity index (χ0) is 8.97. The molecule has 0 spiro atoms. The van der Waals surface area contributed by atoms with Crippen LogP contribution in [-0.2, 0) is 11.3 Å². The topological polar surface area (TPSA) is 46.5 Å². The molecule has 1 rings (SSSR count). The van der Waals surface area contributed by atoms with Crippen molar-refractivity contribution in [1.82, 2.24) is 0 Å². The molecule has 0 aliphatic heterocycles. The molecule has 0 fully saturated rings. The second-order valence-corrected chi connectivity index (χ2v) is 2.50. The summed E-state index contributed by atoms with van der Waals surface area (Å²) in [4.78, 5) is 10.2. The van der Waals surface area contributed by atoms with Gasteiger partial charge in [-0.25, -0.2) is 4.79 Å². The first-order valence-electron chi connectivity index (χ1n) is 3.28. The monoisotopic (exact) mass is 186 g/mol. The molecule has 1 aromatic carbocycles. The van der Waals surface area contributed by atoms with Crippen LogP contribution in [0.1, 0.15) is 5.56 Å². The van der Waals surface area contributed by atoms with Crippen LogP contribution in [-0.4, -0.2) is 10.5 Å². The van der Waals surface area contributed by atoms with Crippen LogP contribution in [0.5, 0.6) is 5.75 Å². The lowest BCUT2D eigenvalue weighted by atomic mass is 10.2. The molecule has 0 saturated carbocycles. The van der Waals surface area contributed by atoms with E-state index in [0.717, 1.165) is 5.56 Å². The Labute approximate surface area is 74.5 Å². The number of aromatic hydroxyl groups is 1. The van der Waals surface area contributed by atoms with Crippen LogP contribution in [0.3, 0.4) is 0 Å². The van der Waals surface area contributed by atoms with Gasteiger partial charge in [-0.05, 0) is 17.7 Å². The van der Waals surface area contributed by atoms with E-state index in [9.17, 15) is 4.79 Å². The summed E-state index contributed by atoms with van der Waals surface area (Å²) in [6.45, 7) is 0.128. The summed E-state index contributed by atoms with van der Waals surface area (Å²) in [5.41, 5.74) is -0.0510. The van der Waals surface area contributed by atoms with E-state index in [0.29, 0.717) is 0 Å². The van der Waals surface area contributed by atoms with E-state index in [4.69, 9.17) is 16.7 Å². The minimum Gasteiger partial charge on any atom is -0.508 e. The van der Waals surface area contributed by atoms with Gasteiger partial charge in [0.1, 0.15) is 12.4 Å². The van der Waals surface area contributed by atoms with Gasteiger partial charge in [0, 0.05) is 11.6 Å². The van der Waals surface area contributed by atoms with Gasteiger partial charge in [-0.1, -0.05) is 12.1 Å². The number of carbonyl (C=O) groups excluding carboxylic acids is 1. The van der Waals surface area contributed by atoms with E-state index in [2.05, 4.69) is 4.74 Å². The molecule has 0 saturated heterocycles. The number of carbonyl (C=O) groups is 1. The molecule has 12 heavy (non-hydrogen) atoms. The second-order valence-electron chi connectivity index (χ2n) is 2.19. The minimum absolute atomic E-state index is 0.128. The van der Waals surface area contributed by atoms with E-state index in [-0.39, 0.29) is 12.4 Å². The predicted octanol–water partition coefficient (Wildman–Crippen LogP) is 2.27. The molecule has 0 aliphatic rings. The molecule has 64 valence electrons. The zero-order valence-corrected chi connectivity index (χ0v) is 6.91. The number of benzene rings is 1. The molecule has 1 aromatic rings. The quantitative estimate of drug-likeness (QED) is 0.721. The molecular formula is C8H7ClO3. The van der Waals surface area contributed by atoms with Gasteiger partial charge in [0.2, 0.25) is 0 Å². The Kier molecular flexibility index (Phi) is 2.94. The van der Waals surface area contributed by atoms with Crippen molar-refractivity contribution in [3.63, 3.8) is 0 Å². The third-order valence-electron chi connectivity index (χ3n) is 1.29. The molecular weight excluding hydrogens is 180 g/mol. The largest absolute Gasteiger partial charge is 0.508 e. The summed E-state index contributed by atoms with van der Waals surface area (Å²) in [5, 5.41) is 8.90. The van der Waals surface area contributed by atoms with E-state index in [1.807, 2.05) is 0 Å². The fraction of sp³-hybridized carbons (Fsp3) is 0.125. The van der Waals surface area contributed by atoms with E-state index in [1.54, 1.807) is 12.1 Å². The maximum absolute atomic E-state index is 10.2. The first-order valence-corrected chi connectivity index (χ1v) is 3.66. The molecule has 0 aromatic heterocycles. The summed E-state index contributed by atoms with van der Waals surface area (Å²) in [5.74, 6) is 0.177. The van der Waals surface area contributed by atoms with Gasteiger partial charge in [-0.3, -0.25) is 0 Å². The Hall–Kier alpha value is -1.22. The SMILES string of the molecule is O=C(Cl)OCc1ccc(O)cc1. The number of hydrogen-bond acceptors (Lipinski definition) is 3. The van der Waals surface area contributed by atoms with Crippen LogP contribution in [0.2, 0.25) is 0 Å². The van der Waals surface area contributed by atoms with Gasteiger partial charge in [-0.15, -0.1) is 0 Å². The number of halogens is 1.